The SMILES string of the molecule is Nc1ccc(-c2nc3ccc(NN4CCOCC4)cc3[nH]2)cc1[N+](=O)[O-]. The summed E-state index contributed by atoms with van der Waals surface area (Å²) in [5, 5.41) is 13.2. The van der Waals surface area contributed by atoms with Crippen molar-refractivity contribution in [2.45, 2.75) is 0 Å². The maximum atomic E-state index is 11.1. The molecule has 0 saturated carbocycles. The second-order valence-corrected chi connectivity index (χ2v) is 6.06. The number of rotatable bonds is 4. The lowest BCUT2D eigenvalue weighted by atomic mass is 10.1. The van der Waals surface area contributed by atoms with Gasteiger partial charge in [0.05, 0.1) is 34.9 Å². The molecule has 1 aliphatic rings. The standard InChI is InChI=1S/C17H18N6O3/c18-13-3-1-11(9-16(13)23(24)25)17-19-14-4-2-12(10-15(14)20-17)21-22-5-7-26-8-6-22/h1-4,9-10,21H,5-8,18H2,(H,19,20). The molecule has 4 rings (SSSR count). The van der Waals surface area contributed by atoms with Crippen LogP contribution in [0.2, 0.25) is 0 Å². The van der Waals surface area contributed by atoms with Crippen molar-refractivity contribution in [3.8, 4) is 11.4 Å². The van der Waals surface area contributed by atoms with Crippen molar-refractivity contribution < 1.29 is 9.66 Å². The molecule has 0 aliphatic carbocycles. The molecule has 3 aromatic rings. The van der Waals surface area contributed by atoms with Crippen molar-refractivity contribution in [1.82, 2.24) is 15.0 Å². The molecule has 2 aromatic carbocycles. The van der Waals surface area contributed by atoms with Gasteiger partial charge in [-0.2, -0.15) is 0 Å². The van der Waals surface area contributed by atoms with Gasteiger partial charge in [-0.3, -0.25) is 10.1 Å². The van der Waals surface area contributed by atoms with Crippen molar-refractivity contribution in [2.75, 3.05) is 37.5 Å². The highest BCUT2D eigenvalue weighted by Crippen LogP contribution is 2.29. The van der Waals surface area contributed by atoms with Gasteiger partial charge in [-0.1, -0.05) is 0 Å². The van der Waals surface area contributed by atoms with Gasteiger partial charge in [-0.25, -0.2) is 9.99 Å². The number of imidazole rings is 1. The first-order valence-corrected chi connectivity index (χ1v) is 8.23. The van der Waals surface area contributed by atoms with E-state index in [2.05, 4.69) is 20.4 Å². The third-order valence-electron chi connectivity index (χ3n) is 4.28. The zero-order valence-corrected chi connectivity index (χ0v) is 13.9. The molecule has 0 spiro atoms. The second-order valence-electron chi connectivity index (χ2n) is 6.06. The summed E-state index contributed by atoms with van der Waals surface area (Å²) in [6.45, 7) is 3.06. The van der Waals surface area contributed by atoms with E-state index in [-0.39, 0.29) is 11.4 Å². The first-order chi connectivity index (χ1) is 12.6. The molecule has 4 N–H and O–H groups in total. The summed E-state index contributed by atoms with van der Waals surface area (Å²) in [4.78, 5) is 18.3. The number of ether oxygens (including phenoxy) is 1. The smallest absolute Gasteiger partial charge is 0.292 e. The lowest BCUT2D eigenvalue weighted by Crippen LogP contribution is -2.40. The van der Waals surface area contributed by atoms with Gasteiger partial charge in [0, 0.05) is 24.7 Å². The van der Waals surface area contributed by atoms with E-state index in [4.69, 9.17) is 10.5 Å². The highest BCUT2D eigenvalue weighted by molar-refractivity contribution is 5.83. The zero-order chi connectivity index (χ0) is 18.1. The Balaban J connectivity index is 1.63. The van der Waals surface area contributed by atoms with Crippen LogP contribution in [0.15, 0.2) is 36.4 Å². The van der Waals surface area contributed by atoms with Gasteiger partial charge in [0.1, 0.15) is 11.5 Å². The molecule has 0 unspecified atom stereocenters. The summed E-state index contributed by atoms with van der Waals surface area (Å²) in [5.41, 5.74) is 12.2. The number of aromatic nitrogens is 2. The van der Waals surface area contributed by atoms with E-state index in [1.165, 1.54) is 12.1 Å². The number of nitrogen functional groups attached to an aromatic ring is 1. The average molecular weight is 354 g/mol. The molecule has 0 amide bonds. The first kappa shape index (κ1) is 16.3. The monoisotopic (exact) mass is 354 g/mol. The fraction of sp³-hybridized carbons (Fsp3) is 0.235. The van der Waals surface area contributed by atoms with Gasteiger partial charge in [0.15, 0.2) is 0 Å². The summed E-state index contributed by atoms with van der Waals surface area (Å²) in [6.07, 6.45) is 0. The fourth-order valence-corrected chi connectivity index (χ4v) is 2.92. The van der Waals surface area contributed by atoms with Gasteiger partial charge in [-0.05, 0) is 30.3 Å². The number of nitro groups is 1. The number of H-pyrrole nitrogens is 1. The largest absolute Gasteiger partial charge is 0.393 e. The van der Waals surface area contributed by atoms with Crippen molar-refractivity contribution in [2.24, 2.45) is 0 Å². The molecule has 2 heterocycles. The Hall–Kier alpha value is -3.17. The van der Waals surface area contributed by atoms with E-state index in [0.717, 1.165) is 29.8 Å². The van der Waals surface area contributed by atoms with Crippen LogP contribution < -0.4 is 11.2 Å². The molecule has 1 fully saturated rings. The third kappa shape index (κ3) is 3.17. The van der Waals surface area contributed by atoms with E-state index in [1.54, 1.807) is 6.07 Å². The van der Waals surface area contributed by atoms with E-state index < -0.39 is 4.92 Å². The Bertz CT molecular complexity index is 964. The third-order valence-corrected chi connectivity index (χ3v) is 4.28. The fourth-order valence-electron chi connectivity index (χ4n) is 2.92. The number of hydrazine groups is 1. The van der Waals surface area contributed by atoms with Gasteiger partial charge in [0.2, 0.25) is 0 Å². The number of morpholine rings is 1. The summed E-state index contributed by atoms with van der Waals surface area (Å²) in [5.74, 6) is 0.562. The number of hydrogen-bond donors (Lipinski definition) is 3. The predicted octanol–water partition coefficient (Wildman–Crippen LogP) is 2.38. The lowest BCUT2D eigenvalue weighted by Gasteiger charge is -2.27. The number of nitro benzene ring substituents is 1. The molecule has 26 heavy (non-hydrogen) atoms. The van der Waals surface area contributed by atoms with Gasteiger partial charge >= 0.3 is 0 Å². The molecule has 9 nitrogen and oxygen atoms in total. The van der Waals surface area contributed by atoms with Crippen LogP contribution >= 0.6 is 0 Å². The number of fused-ring (bicyclic) bond motifs is 1. The van der Waals surface area contributed by atoms with Gasteiger partial charge in [0.25, 0.3) is 5.69 Å². The minimum atomic E-state index is -0.494. The molecule has 1 aromatic heterocycles. The maximum absolute atomic E-state index is 11.1. The Morgan fingerprint density at radius 1 is 1.23 bits per heavy atom. The number of aromatic amines is 1. The zero-order valence-electron chi connectivity index (χ0n) is 13.9. The normalized spacial score (nSPS) is 15.2. The molecule has 0 radical (unpaired) electrons. The predicted molar refractivity (Wildman–Crippen MR) is 98.6 cm³/mol. The molecular formula is C17H18N6O3. The second kappa shape index (κ2) is 6.62. The highest BCUT2D eigenvalue weighted by Gasteiger charge is 2.15. The number of benzene rings is 2. The molecule has 134 valence electrons. The molecule has 9 heteroatoms. The summed E-state index contributed by atoms with van der Waals surface area (Å²) in [7, 11) is 0. The van der Waals surface area contributed by atoms with Gasteiger partial charge in [-0.15, -0.1) is 0 Å². The van der Waals surface area contributed by atoms with E-state index in [9.17, 15) is 10.1 Å². The molecular weight excluding hydrogens is 336 g/mol. The summed E-state index contributed by atoms with van der Waals surface area (Å²) in [6, 6.07) is 10.5. The number of anilines is 2. The molecule has 0 bridgehead atoms. The van der Waals surface area contributed by atoms with Crippen LogP contribution in [0.25, 0.3) is 22.4 Å². The highest BCUT2D eigenvalue weighted by atomic mass is 16.6. The number of nitrogens with one attached hydrogen (secondary N) is 2. The van der Waals surface area contributed by atoms with Crippen LogP contribution in [-0.2, 0) is 4.74 Å². The van der Waals surface area contributed by atoms with Gasteiger partial charge < -0.3 is 20.9 Å². The van der Waals surface area contributed by atoms with Crippen LogP contribution in [0.5, 0.6) is 0 Å². The van der Waals surface area contributed by atoms with E-state index in [1.807, 2.05) is 18.2 Å². The Kier molecular flexibility index (Phi) is 4.15. The van der Waals surface area contributed by atoms with Crippen LogP contribution in [0, 0.1) is 10.1 Å². The van der Waals surface area contributed by atoms with Crippen molar-refractivity contribution >= 4 is 28.1 Å². The Labute approximate surface area is 148 Å². The summed E-state index contributed by atoms with van der Waals surface area (Å²) < 4.78 is 5.34. The molecule has 1 saturated heterocycles. The number of hydrogen-bond acceptors (Lipinski definition) is 7. The van der Waals surface area contributed by atoms with E-state index in [0.29, 0.717) is 24.6 Å². The van der Waals surface area contributed by atoms with Crippen molar-refractivity contribution in [1.29, 1.82) is 0 Å². The topological polar surface area (TPSA) is 122 Å². The Morgan fingerprint density at radius 2 is 2.04 bits per heavy atom. The minimum Gasteiger partial charge on any atom is -0.393 e. The van der Waals surface area contributed by atoms with Crippen LogP contribution in [0.1, 0.15) is 0 Å². The Morgan fingerprint density at radius 3 is 2.81 bits per heavy atom. The van der Waals surface area contributed by atoms with Crippen LogP contribution in [0.3, 0.4) is 0 Å². The lowest BCUT2D eigenvalue weighted by molar-refractivity contribution is -0.383. The number of nitrogens with zero attached hydrogens (tertiary/aromatic N) is 3. The minimum absolute atomic E-state index is 0.127. The first-order valence-electron chi connectivity index (χ1n) is 8.23. The van der Waals surface area contributed by atoms with Crippen LogP contribution in [-0.4, -0.2) is 46.2 Å². The van der Waals surface area contributed by atoms with Crippen LogP contribution in [0.4, 0.5) is 17.1 Å². The molecule has 0 atom stereocenters. The molecule has 1 aliphatic heterocycles. The van der Waals surface area contributed by atoms with Crippen molar-refractivity contribution in [3.05, 3.63) is 46.5 Å². The number of nitrogens with two attached hydrogens (primary N) is 1. The quantitative estimate of drug-likeness (QED) is 0.373. The maximum Gasteiger partial charge on any atom is 0.292 e. The average Bonchev–Trinajstić information content (AvgIpc) is 3.06. The summed E-state index contributed by atoms with van der Waals surface area (Å²) >= 11 is 0. The van der Waals surface area contributed by atoms with E-state index >= 15 is 0 Å². The van der Waals surface area contributed by atoms with Crippen molar-refractivity contribution in [3.63, 3.8) is 0 Å².